The van der Waals surface area contributed by atoms with Gasteiger partial charge in [-0.25, -0.2) is 4.79 Å². The first-order valence-corrected chi connectivity index (χ1v) is 10.3. The minimum absolute atomic E-state index is 0.0688. The summed E-state index contributed by atoms with van der Waals surface area (Å²) < 4.78 is 11.6. The number of amides is 1. The van der Waals surface area contributed by atoms with E-state index in [0.717, 1.165) is 22.8 Å². The third-order valence-electron chi connectivity index (χ3n) is 4.67. The Hall–Kier alpha value is -1.51. The Morgan fingerprint density at radius 3 is 2.44 bits per heavy atom. The predicted octanol–water partition coefficient (Wildman–Crippen LogP) is 4.49. The van der Waals surface area contributed by atoms with E-state index in [-0.39, 0.29) is 11.9 Å². The van der Waals surface area contributed by atoms with E-state index in [2.05, 4.69) is 22.6 Å². The Kier molecular flexibility index (Phi) is 7.36. The fourth-order valence-corrected chi connectivity index (χ4v) is 3.62. The summed E-state index contributed by atoms with van der Waals surface area (Å²) in [4.78, 5) is 26.5. The van der Waals surface area contributed by atoms with Crippen molar-refractivity contribution in [3.63, 3.8) is 0 Å². The van der Waals surface area contributed by atoms with Crippen LogP contribution in [0.4, 0.5) is 10.5 Å². The van der Waals surface area contributed by atoms with Gasteiger partial charge >= 0.3 is 6.09 Å². The number of nitrogen functional groups attached to an aromatic ring is 1. The lowest BCUT2D eigenvalue weighted by Crippen LogP contribution is -2.41. The van der Waals surface area contributed by atoms with Gasteiger partial charge < -0.3 is 20.1 Å². The molecule has 2 rings (SSSR count). The number of carbonyl (C=O) groups excluding carboxylic acids is 2. The van der Waals surface area contributed by atoms with E-state index in [1.54, 1.807) is 24.1 Å². The summed E-state index contributed by atoms with van der Waals surface area (Å²) in [5.74, 6) is 1.03. The smallest absolute Gasteiger partial charge is 0.410 e. The molecule has 2 N–H and O–H groups in total. The molecule has 1 aromatic rings. The predicted molar refractivity (Wildman–Crippen MR) is 114 cm³/mol. The molecule has 1 aromatic carbocycles. The highest BCUT2D eigenvalue weighted by Gasteiger charge is 2.27. The van der Waals surface area contributed by atoms with Crippen molar-refractivity contribution in [3.8, 4) is 5.75 Å². The number of nitrogens with zero attached hydrogens (tertiary/aromatic N) is 1. The van der Waals surface area contributed by atoms with Gasteiger partial charge in [0.15, 0.2) is 5.78 Å². The molecule has 1 saturated heterocycles. The van der Waals surface area contributed by atoms with E-state index in [4.69, 9.17) is 15.2 Å². The van der Waals surface area contributed by atoms with E-state index in [1.807, 2.05) is 20.8 Å². The number of hydrogen-bond acceptors (Lipinski definition) is 5. The van der Waals surface area contributed by atoms with Crippen LogP contribution in [0.3, 0.4) is 0 Å². The van der Waals surface area contributed by atoms with Crippen molar-refractivity contribution in [1.82, 2.24) is 4.90 Å². The monoisotopic (exact) mass is 488 g/mol. The lowest BCUT2D eigenvalue weighted by Gasteiger charge is -2.33. The fraction of sp³-hybridized carbons (Fsp3) is 0.600. The number of Topliss-reactive ketones (excluding diaryl/α,β-unsaturated/α-hetero) is 1. The third-order valence-corrected chi connectivity index (χ3v) is 5.60. The number of methoxy groups -OCH3 is 1. The van der Waals surface area contributed by atoms with E-state index in [1.165, 1.54) is 0 Å². The number of piperidine rings is 1. The summed E-state index contributed by atoms with van der Waals surface area (Å²) in [5, 5.41) is 0. The van der Waals surface area contributed by atoms with Gasteiger partial charge in [0, 0.05) is 34.8 Å². The van der Waals surface area contributed by atoms with Crippen molar-refractivity contribution in [2.45, 2.75) is 52.1 Å². The van der Waals surface area contributed by atoms with Crippen LogP contribution in [0, 0.1) is 9.49 Å². The van der Waals surface area contributed by atoms with Crippen LogP contribution in [0.5, 0.6) is 5.75 Å². The molecule has 0 atom stereocenters. The second kappa shape index (κ2) is 9.12. The third kappa shape index (κ3) is 6.26. The second-order valence-corrected chi connectivity index (χ2v) is 9.11. The van der Waals surface area contributed by atoms with Crippen molar-refractivity contribution in [3.05, 3.63) is 21.3 Å². The highest BCUT2D eigenvalue weighted by molar-refractivity contribution is 14.1. The molecule has 6 nitrogen and oxygen atoms in total. The van der Waals surface area contributed by atoms with Gasteiger partial charge in [0.25, 0.3) is 0 Å². The normalized spacial score (nSPS) is 15.5. The van der Waals surface area contributed by atoms with Gasteiger partial charge in [-0.1, -0.05) is 0 Å². The number of ether oxygens (including phenoxy) is 2. The molecule has 0 saturated carbocycles. The zero-order valence-electron chi connectivity index (χ0n) is 16.5. The Morgan fingerprint density at radius 2 is 1.89 bits per heavy atom. The van der Waals surface area contributed by atoms with Crippen molar-refractivity contribution >= 4 is 40.2 Å². The molecule has 0 aromatic heterocycles. The summed E-state index contributed by atoms with van der Waals surface area (Å²) in [6, 6.07) is 3.50. The maximum absolute atomic E-state index is 12.7. The molecular weight excluding hydrogens is 459 g/mol. The quantitative estimate of drug-likeness (QED) is 0.375. The number of likely N-dealkylation sites (tertiary alicyclic amines) is 1. The molecular formula is C20H29IN2O4. The Morgan fingerprint density at radius 1 is 1.26 bits per heavy atom. The van der Waals surface area contributed by atoms with Crippen LogP contribution in [-0.2, 0) is 4.74 Å². The van der Waals surface area contributed by atoms with E-state index < -0.39 is 5.60 Å². The molecule has 1 fully saturated rings. The topological polar surface area (TPSA) is 81.9 Å². The van der Waals surface area contributed by atoms with E-state index in [0.29, 0.717) is 42.4 Å². The number of carbonyl (C=O) groups is 2. The Bertz CT molecular complexity index is 692. The average Bonchev–Trinajstić information content (AvgIpc) is 2.60. The molecule has 1 aliphatic heterocycles. The van der Waals surface area contributed by atoms with Gasteiger partial charge in [0.1, 0.15) is 11.4 Å². The van der Waals surface area contributed by atoms with Gasteiger partial charge in [-0.2, -0.15) is 0 Å². The summed E-state index contributed by atoms with van der Waals surface area (Å²) in [6.07, 6.45) is 2.81. The lowest BCUT2D eigenvalue weighted by molar-refractivity contribution is 0.0180. The zero-order chi connectivity index (χ0) is 20.2. The summed E-state index contributed by atoms with van der Waals surface area (Å²) in [5.41, 5.74) is 6.61. The molecule has 1 aliphatic rings. The van der Waals surface area contributed by atoms with Gasteiger partial charge in [-0.05, 0) is 74.6 Å². The number of benzene rings is 1. The molecule has 0 bridgehead atoms. The molecule has 0 unspecified atom stereocenters. The first-order valence-electron chi connectivity index (χ1n) is 9.25. The van der Waals surface area contributed by atoms with Crippen molar-refractivity contribution in [2.75, 3.05) is 25.9 Å². The Labute approximate surface area is 174 Å². The van der Waals surface area contributed by atoms with Crippen LogP contribution < -0.4 is 10.5 Å². The summed E-state index contributed by atoms with van der Waals surface area (Å²) in [7, 11) is 1.55. The van der Waals surface area contributed by atoms with Gasteiger partial charge in [0.2, 0.25) is 0 Å². The SMILES string of the molecule is COc1cc(N)c(I)cc1C(=O)CCC1CCN(C(=O)OC(C)(C)C)CC1. The van der Waals surface area contributed by atoms with Crippen LogP contribution in [0.1, 0.15) is 56.8 Å². The number of nitrogens with two attached hydrogens (primary N) is 1. The number of anilines is 1. The standard InChI is InChI=1S/C20H29IN2O4/c1-20(2,3)27-19(25)23-9-7-13(8-10-23)5-6-17(24)14-11-15(21)16(22)12-18(14)26-4/h11-13H,5-10,22H2,1-4H3. The molecule has 0 radical (unpaired) electrons. The van der Waals surface area contributed by atoms with Crippen LogP contribution in [0.15, 0.2) is 12.1 Å². The van der Waals surface area contributed by atoms with Gasteiger partial charge in [0.05, 0.1) is 12.7 Å². The molecule has 7 heteroatoms. The number of rotatable bonds is 5. The first kappa shape index (κ1) is 21.8. The van der Waals surface area contributed by atoms with Crippen LogP contribution in [0.25, 0.3) is 0 Å². The fourth-order valence-electron chi connectivity index (χ4n) is 3.16. The highest BCUT2D eigenvalue weighted by Crippen LogP contribution is 2.29. The number of halogens is 1. The Balaban J connectivity index is 1.86. The second-order valence-electron chi connectivity index (χ2n) is 7.95. The molecule has 1 heterocycles. The number of ketones is 1. The molecule has 0 aliphatic carbocycles. The molecule has 0 spiro atoms. The largest absolute Gasteiger partial charge is 0.496 e. The first-order chi connectivity index (χ1) is 12.6. The van der Waals surface area contributed by atoms with Crippen LogP contribution in [-0.4, -0.2) is 42.6 Å². The number of hydrogen-bond donors (Lipinski definition) is 1. The van der Waals surface area contributed by atoms with Crippen molar-refractivity contribution < 1.29 is 19.1 Å². The molecule has 1 amide bonds. The van der Waals surface area contributed by atoms with Gasteiger partial charge in [-0.3, -0.25) is 4.79 Å². The minimum atomic E-state index is -0.476. The lowest BCUT2D eigenvalue weighted by atomic mass is 9.90. The average molecular weight is 488 g/mol. The minimum Gasteiger partial charge on any atom is -0.496 e. The van der Waals surface area contributed by atoms with Crippen molar-refractivity contribution in [1.29, 1.82) is 0 Å². The maximum Gasteiger partial charge on any atom is 0.410 e. The van der Waals surface area contributed by atoms with E-state index in [9.17, 15) is 9.59 Å². The molecule has 150 valence electrons. The van der Waals surface area contributed by atoms with Crippen LogP contribution >= 0.6 is 22.6 Å². The molecule has 27 heavy (non-hydrogen) atoms. The van der Waals surface area contributed by atoms with Crippen LogP contribution in [0.2, 0.25) is 0 Å². The van der Waals surface area contributed by atoms with Gasteiger partial charge in [-0.15, -0.1) is 0 Å². The highest BCUT2D eigenvalue weighted by atomic mass is 127. The zero-order valence-corrected chi connectivity index (χ0v) is 18.7. The summed E-state index contributed by atoms with van der Waals surface area (Å²) in [6.45, 7) is 6.97. The van der Waals surface area contributed by atoms with Crippen molar-refractivity contribution in [2.24, 2.45) is 5.92 Å². The van der Waals surface area contributed by atoms with E-state index >= 15 is 0 Å². The summed E-state index contributed by atoms with van der Waals surface area (Å²) >= 11 is 2.12. The maximum atomic E-state index is 12.7.